The SMILES string of the molecule is O=C(Cc1cc(F)ccc1Br)Cn1cnc2ccccc21. The number of fused-ring (bicyclic) bond motifs is 1. The number of Topliss-reactive ketones (excluding diaryl/α,β-unsaturated/α-hetero) is 1. The van der Waals surface area contributed by atoms with Crippen molar-refractivity contribution in [3.05, 3.63) is 64.6 Å². The molecule has 0 saturated carbocycles. The molecule has 0 aliphatic rings. The molecule has 5 heteroatoms. The first-order valence-corrected chi connectivity index (χ1v) is 7.28. The van der Waals surface area contributed by atoms with E-state index in [2.05, 4.69) is 20.9 Å². The highest BCUT2D eigenvalue weighted by Gasteiger charge is 2.10. The molecule has 0 atom stereocenters. The largest absolute Gasteiger partial charge is 0.323 e. The van der Waals surface area contributed by atoms with Crippen LogP contribution in [0.4, 0.5) is 4.39 Å². The zero-order valence-corrected chi connectivity index (χ0v) is 12.7. The molecule has 0 fully saturated rings. The molecule has 0 unspecified atom stereocenters. The van der Waals surface area contributed by atoms with Crippen molar-refractivity contribution in [2.45, 2.75) is 13.0 Å². The Balaban J connectivity index is 1.79. The van der Waals surface area contributed by atoms with E-state index in [9.17, 15) is 9.18 Å². The van der Waals surface area contributed by atoms with Gasteiger partial charge in [0.1, 0.15) is 5.82 Å². The summed E-state index contributed by atoms with van der Waals surface area (Å²) in [6.07, 6.45) is 1.84. The van der Waals surface area contributed by atoms with Gasteiger partial charge in [-0.05, 0) is 35.9 Å². The number of para-hydroxylation sites is 2. The van der Waals surface area contributed by atoms with Crippen molar-refractivity contribution >= 4 is 32.7 Å². The highest BCUT2D eigenvalue weighted by molar-refractivity contribution is 9.10. The minimum Gasteiger partial charge on any atom is -0.323 e. The van der Waals surface area contributed by atoms with Crippen LogP contribution in [0.15, 0.2) is 53.3 Å². The first kappa shape index (κ1) is 13.9. The predicted octanol–water partition coefficient (Wildman–Crippen LogP) is 3.75. The fourth-order valence-electron chi connectivity index (χ4n) is 2.27. The summed E-state index contributed by atoms with van der Waals surface area (Å²) >= 11 is 3.34. The van der Waals surface area contributed by atoms with Crippen molar-refractivity contribution < 1.29 is 9.18 Å². The van der Waals surface area contributed by atoms with Gasteiger partial charge in [-0.2, -0.15) is 0 Å². The smallest absolute Gasteiger partial charge is 0.156 e. The molecular formula is C16H12BrFN2O. The Morgan fingerprint density at radius 3 is 2.90 bits per heavy atom. The Kier molecular flexibility index (Phi) is 3.84. The Morgan fingerprint density at radius 2 is 2.05 bits per heavy atom. The maximum Gasteiger partial charge on any atom is 0.156 e. The number of carbonyl (C=O) groups excluding carboxylic acids is 1. The molecule has 3 nitrogen and oxygen atoms in total. The Labute approximate surface area is 129 Å². The molecule has 0 aliphatic heterocycles. The van der Waals surface area contributed by atoms with Crippen molar-refractivity contribution in [1.82, 2.24) is 9.55 Å². The lowest BCUT2D eigenvalue weighted by atomic mass is 10.1. The standard InChI is InChI=1S/C16H12BrFN2O/c17-14-6-5-12(18)7-11(14)8-13(21)9-20-10-19-15-3-1-2-4-16(15)20/h1-7,10H,8-9H2. The molecule has 2 aromatic carbocycles. The molecule has 3 aromatic rings. The second-order valence-electron chi connectivity index (χ2n) is 4.81. The van der Waals surface area contributed by atoms with Crippen LogP contribution in [0.2, 0.25) is 0 Å². The number of carbonyl (C=O) groups is 1. The lowest BCUT2D eigenvalue weighted by Gasteiger charge is -2.06. The number of halogens is 2. The number of imidazole rings is 1. The van der Waals surface area contributed by atoms with Crippen molar-refractivity contribution in [3.63, 3.8) is 0 Å². The molecule has 1 aromatic heterocycles. The van der Waals surface area contributed by atoms with Gasteiger partial charge in [-0.3, -0.25) is 4.79 Å². The summed E-state index contributed by atoms with van der Waals surface area (Å²) in [6.45, 7) is 0.226. The molecule has 0 N–H and O–H groups in total. The average molecular weight is 347 g/mol. The van der Waals surface area contributed by atoms with E-state index >= 15 is 0 Å². The summed E-state index contributed by atoms with van der Waals surface area (Å²) in [7, 11) is 0. The summed E-state index contributed by atoms with van der Waals surface area (Å²) in [4.78, 5) is 16.4. The molecule has 0 aliphatic carbocycles. The number of nitrogens with zero attached hydrogens (tertiary/aromatic N) is 2. The van der Waals surface area contributed by atoms with E-state index in [-0.39, 0.29) is 24.6 Å². The summed E-state index contributed by atoms with van der Waals surface area (Å²) in [6, 6.07) is 12.0. The van der Waals surface area contributed by atoms with Gasteiger partial charge in [0, 0.05) is 10.9 Å². The first-order chi connectivity index (χ1) is 10.1. The van der Waals surface area contributed by atoms with E-state index in [1.807, 2.05) is 28.8 Å². The van der Waals surface area contributed by atoms with Crippen molar-refractivity contribution in [2.24, 2.45) is 0 Å². The zero-order valence-electron chi connectivity index (χ0n) is 11.1. The van der Waals surface area contributed by atoms with Crippen LogP contribution in [0, 0.1) is 5.82 Å². The highest BCUT2D eigenvalue weighted by atomic mass is 79.9. The molecule has 106 valence electrons. The second kappa shape index (κ2) is 5.77. The quantitative estimate of drug-likeness (QED) is 0.721. The molecule has 0 bridgehead atoms. The number of aromatic nitrogens is 2. The minimum absolute atomic E-state index is 0.00412. The van der Waals surface area contributed by atoms with Gasteiger partial charge >= 0.3 is 0 Å². The Bertz CT molecular complexity index is 813. The lowest BCUT2D eigenvalue weighted by molar-refractivity contribution is -0.118. The number of hydrogen-bond acceptors (Lipinski definition) is 2. The van der Waals surface area contributed by atoms with Crippen molar-refractivity contribution in [2.75, 3.05) is 0 Å². The van der Waals surface area contributed by atoms with Gasteiger partial charge in [0.05, 0.1) is 23.9 Å². The Hall–Kier alpha value is -2.01. The maximum absolute atomic E-state index is 13.2. The third kappa shape index (κ3) is 3.03. The van der Waals surface area contributed by atoms with Crippen LogP contribution in [0.25, 0.3) is 11.0 Å². The van der Waals surface area contributed by atoms with Crippen LogP contribution in [-0.4, -0.2) is 15.3 Å². The Morgan fingerprint density at radius 1 is 1.24 bits per heavy atom. The van der Waals surface area contributed by atoms with Crippen molar-refractivity contribution in [1.29, 1.82) is 0 Å². The maximum atomic E-state index is 13.2. The monoisotopic (exact) mass is 346 g/mol. The van der Waals surface area contributed by atoms with E-state index in [0.717, 1.165) is 15.5 Å². The number of rotatable bonds is 4. The second-order valence-corrected chi connectivity index (χ2v) is 5.67. The van der Waals surface area contributed by atoms with Crippen LogP contribution in [0.1, 0.15) is 5.56 Å². The summed E-state index contributed by atoms with van der Waals surface area (Å²) in [5.74, 6) is -0.335. The molecule has 1 heterocycles. The van der Waals surface area contributed by atoms with Gasteiger partial charge in [-0.15, -0.1) is 0 Å². The average Bonchev–Trinajstić information content (AvgIpc) is 2.86. The molecule has 0 saturated heterocycles. The van der Waals surface area contributed by atoms with Crippen LogP contribution < -0.4 is 0 Å². The molecule has 21 heavy (non-hydrogen) atoms. The van der Waals surface area contributed by atoms with E-state index in [1.54, 1.807) is 12.4 Å². The van der Waals surface area contributed by atoms with Gasteiger partial charge in [0.15, 0.2) is 5.78 Å². The van der Waals surface area contributed by atoms with E-state index in [1.165, 1.54) is 12.1 Å². The molecular weight excluding hydrogens is 335 g/mol. The summed E-state index contributed by atoms with van der Waals surface area (Å²) in [5, 5.41) is 0. The van der Waals surface area contributed by atoms with Crippen LogP contribution >= 0.6 is 15.9 Å². The molecule has 0 amide bonds. The summed E-state index contributed by atoms with van der Waals surface area (Å²) < 4.78 is 15.8. The van der Waals surface area contributed by atoms with E-state index in [4.69, 9.17) is 0 Å². The number of ketones is 1. The van der Waals surface area contributed by atoms with Gasteiger partial charge in [0.25, 0.3) is 0 Å². The predicted molar refractivity (Wildman–Crippen MR) is 82.5 cm³/mol. The van der Waals surface area contributed by atoms with E-state index in [0.29, 0.717) is 5.56 Å². The molecule has 0 radical (unpaired) electrons. The van der Waals surface area contributed by atoms with Gasteiger partial charge in [0.2, 0.25) is 0 Å². The van der Waals surface area contributed by atoms with E-state index < -0.39 is 0 Å². The van der Waals surface area contributed by atoms with Crippen molar-refractivity contribution in [3.8, 4) is 0 Å². The lowest BCUT2D eigenvalue weighted by Crippen LogP contribution is -2.12. The van der Waals surface area contributed by atoms with Crippen LogP contribution in [0.3, 0.4) is 0 Å². The van der Waals surface area contributed by atoms with Crippen LogP contribution in [-0.2, 0) is 17.8 Å². The first-order valence-electron chi connectivity index (χ1n) is 6.49. The zero-order chi connectivity index (χ0) is 14.8. The molecule has 3 rings (SSSR count). The van der Waals surface area contributed by atoms with Crippen LogP contribution in [0.5, 0.6) is 0 Å². The van der Waals surface area contributed by atoms with Gasteiger partial charge < -0.3 is 4.57 Å². The third-order valence-electron chi connectivity index (χ3n) is 3.27. The summed E-state index contributed by atoms with van der Waals surface area (Å²) in [5.41, 5.74) is 2.44. The number of hydrogen-bond donors (Lipinski definition) is 0. The third-order valence-corrected chi connectivity index (χ3v) is 4.04. The van der Waals surface area contributed by atoms with Gasteiger partial charge in [-0.1, -0.05) is 28.1 Å². The topological polar surface area (TPSA) is 34.9 Å². The fraction of sp³-hybridized carbons (Fsp3) is 0.125. The minimum atomic E-state index is -0.339. The number of benzene rings is 2. The normalized spacial score (nSPS) is 11.0. The molecule has 0 spiro atoms. The fourth-order valence-corrected chi connectivity index (χ4v) is 2.66. The van der Waals surface area contributed by atoms with Gasteiger partial charge in [-0.25, -0.2) is 9.37 Å². The highest BCUT2D eigenvalue weighted by Crippen LogP contribution is 2.19.